The van der Waals surface area contributed by atoms with Gasteiger partial charge in [0.2, 0.25) is 5.88 Å². The molecule has 1 aliphatic carbocycles. The molecule has 4 rings (SSSR count). The van der Waals surface area contributed by atoms with Crippen LogP contribution in [0.25, 0.3) is 0 Å². The van der Waals surface area contributed by atoms with Crippen molar-refractivity contribution in [1.82, 2.24) is 14.8 Å². The van der Waals surface area contributed by atoms with Crippen LogP contribution in [0, 0.1) is 0 Å². The van der Waals surface area contributed by atoms with Gasteiger partial charge in [0.05, 0.1) is 19.4 Å². The number of benzene rings is 1. The van der Waals surface area contributed by atoms with Crippen molar-refractivity contribution in [2.75, 3.05) is 13.7 Å². The molecule has 2 aromatic heterocycles. The largest absolute Gasteiger partial charge is 0.496 e. The van der Waals surface area contributed by atoms with Gasteiger partial charge in [0.1, 0.15) is 11.5 Å². The highest BCUT2D eigenvalue weighted by molar-refractivity contribution is 5.76. The van der Waals surface area contributed by atoms with Gasteiger partial charge in [0.15, 0.2) is 0 Å². The average molecular weight is 490 g/mol. The number of pyridine rings is 1. The fraction of sp³-hybridized carbons (Fsp3) is 0.500. The third kappa shape index (κ3) is 6.34. The van der Waals surface area contributed by atoms with Crippen LogP contribution in [0.3, 0.4) is 0 Å². The first kappa shape index (κ1) is 25.9. The second-order valence-corrected chi connectivity index (χ2v) is 10.3. The SMILES string of the molecule is COc1ccc(C(C)C)cc1C(CC(C)=O)Cc1cc(OCCc2ccc3c(n2)CCCC3)n(C)n1. The minimum atomic E-state index is -0.0152. The summed E-state index contributed by atoms with van der Waals surface area (Å²) in [6.07, 6.45) is 6.57. The molecule has 36 heavy (non-hydrogen) atoms. The summed E-state index contributed by atoms with van der Waals surface area (Å²) in [5.41, 5.74) is 6.94. The fourth-order valence-corrected chi connectivity index (χ4v) is 5.09. The number of carbonyl (C=O) groups excluding carboxylic acids is 1. The molecule has 6 heteroatoms. The number of hydrogen-bond acceptors (Lipinski definition) is 5. The summed E-state index contributed by atoms with van der Waals surface area (Å²) in [4.78, 5) is 17.0. The lowest BCUT2D eigenvalue weighted by Crippen LogP contribution is -2.11. The molecule has 0 saturated carbocycles. The van der Waals surface area contributed by atoms with E-state index in [9.17, 15) is 4.79 Å². The quantitative estimate of drug-likeness (QED) is 0.343. The second kappa shape index (κ2) is 11.7. The van der Waals surface area contributed by atoms with E-state index in [4.69, 9.17) is 19.6 Å². The summed E-state index contributed by atoms with van der Waals surface area (Å²) in [7, 11) is 3.58. The monoisotopic (exact) mass is 489 g/mol. The van der Waals surface area contributed by atoms with Gasteiger partial charge in [0, 0.05) is 37.3 Å². The Morgan fingerprint density at radius 3 is 2.64 bits per heavy atom. The van der Waals surface area contributed by atoms with Gasteiger partial charge in [-0.15, -0.1) is 0 Å². The molecule has 3 aromatic rings. The van der Waals surface area contributed by atoms with E-state index in [0.29, 0.717) is 25.4 Å². The number of fused-ring (bicyclic) bond motifs is 1. The Balaban J connectivity index is 1.45. The van der Waals surface area contributed by atoms with Crippen LogP contribution in [-0.4, -0.2) is 34.3 Å². The fourth-order valence-electron chi connectivity index (χ4n) is 5.09. The van der Waals surface area contributed by atoms with Gasteiger partial charge in [0.25, 0.3) is 0 Å². The minimum absolute atomic E-state index is 0.0152. The van der Waals surface area contributed by atoms with Gasteiger partial charge in [-0.25, -0.2) is 4.68 Å². The van der Waals surface area contributed by atoms with E-state index in [0.717, 1.165) is 47.8 Å². The maximum Gasteiger partial charge on any atom is 0.211 e. The highest BCUT2D eigenvalue weighted by Gasteiger charge is 2.22. The molecule has 0 amide bonds. The van der Waals surface area contributed by atoms with Crippen molar-refractivity contribution in [2.45, 2.75) is 77.6 Å². The predicted octanol–water partition coefficient (Wildman–Crippen LogP) is 5.75. The number of ketones is 1. The molecule has 0 bridgehead atoms. The number of rotatable bonds is 11. The molecule has 2 heterocycles. The van der Waals surface area contributed by atoms with Crippen LogP contribution in [-0.2, 0) is 37.5 Å². The van der Waals surface area contributed by atoms with Crippen molar-refractivity contribution in [2.24, 2.45) is 7.05 Å². The molecule has 0 radical (unpaired) electrons. The van der Waals surface area contributed by atoms with Crippen LogP contribution in [0.4, 0.5) is 0 Å². The number of aryl methyl sites for hydroxylation is 3. The molecule has 0 N–H and O–H groups in total. The van der Waals surface area contributed by atoms with E-state index >= 15 is 0 Å². The Morgan fingerprint density at radius 1 is 1.08 bits per heavy atom. The van der Waals surface area contributed by atoms with Crippen molar-refractivity contribution in [3.63, 3.8) is 0 Å². The van der Waals surface area contributed by atoms with E-state index in [-0.39, 0.29) is 11.7 Å². The van der Waals surface area contributed by atoms with Crippen LogP contribution >= 0.6 is 0 Å². The zero-order chi connectivity index (χ0) is 25.7. The van der Waals surface area contributed by atoms with E-state index < -0.39 is 0 Å². The molecule has 1 atom stereocenters. The molecule has 1 aromatic carbocycles. The lowest BCUT2D eigenvalue weighted by molar-refractivity contribution is -0.117. The van der Waals surface area contributed by atoms with E-state index in [1.54, 1.807) is 18.7 Å². The van der Waals surface area contributed by atoms with Crippen molar-refractivity contribution < 1.29 is 14.3 Å². The van der Waals surface area contributed by atoms with Crippen molar-refractivity contribution >= 4 is 5.78 Å². The van der Waals surface area contributed by atoms with Crippen molar-refractivity contribution in [3.8, 4) is 11.6 Å². The highest BCUT2D eigenvalue weighted by atomic mass is 16.5. The summed E-state index contributed by atoms with van der Waals surface area (Å²) in [5.74, 6) is 2.08. The first-order valence-corrected chi connectivity index (χ1v) is 13.1. The highest BCUT2D eigenvalue weighted by Crippen LogP contribution is 2.35. The smallest absolute Gasteiger partial charge is 0.211 e. The Kier molecular flexibility index (Phi) is 8.44. The third-order valence-corrected chi connectivity index (χ3v) is 7.08. The second-order valence-electron chi connectivity index (χ2n) is 10.3. The molecule has 0 spiro atoms. The van der Waals surface area contributed by atoms with Gasteiger partial charge in [-0.3, -0.25) is 4.98 Å². The van der Waals surface area contributed by atoms with Crippen LogP contribution in [0.2, 0.25) is 0 Å². The summed E-state index contributed by atoms with van der Waals surface area (Å²) in [6.45, 7) is 6.54. The maximum atomic E-state index is 12.2. The van der Waals surface area contributed by atoms with Crippen LogP contribution in [0.15, 0.2) is 36.4 Å². The summed E-state index contributed by atoms with van der Waals surface area (Å²) in [5, 5.41) is 4.70. The summed E-state index contributed by atoms with van der Waals surface area (Å²) >= 11 is 0. The number of ether oxygens (including phenoxy) is 2. The molecule has 192 valence electrons. The van der Waals surface area contributed by atoms with Crippen LogP contribution in [0.5, 0.6) is 11.6 Å². The Hall–Kier alpha value is -3.15. The Bertz CT molecular complexity index is 1200. The van der Waals surface area contributed by atoms with Crippen LogP contribution < -0.4 is 9.47 Å². The normalized spacial score (nSPS) is 13.9. The number of carbonyl (C=O) groups is 1. The number of nitrogens with zero attached hydrogens (tertiary/aromatic N) is 3. The molecule has 0 aliphatic heterocycles. The molecule has 6 nitrogen and oxygen atoms in total. The third-order valence-electron chi connectivity index (χ3n) is 7.08. The van der Waals surface area contributed by atoms with Crippen LogP contribution in [0.1, 0.15) is 85.6 Å². The first-order chi connectivity index (χ1) is 17.3. The number of aromatic nitrogens is 3. The van der Waals surface area contributed by atoms with Gasteiger partial charge < -0.3 is 14.3 Å². The van der Waals surface area contributed by atoms with E-state index in [1.165, 1.54) is 29.7 Å². The van der Waals surface area contributed by atoms with Gasteiger partial charge in [-0.05, 0) is 79.7 Å². The van der Waals surface area contributed by atoms with Gasteiger partial charge in [-0.1, -0.05) is 32.0 Å². The van der Waals surface area contributed by atoms with E-state index in [2.05, 4.69) is 38.1 Å². The Labute approximate surface area is 215 Å². The molecular formula is C30H39N3O3. The molecular weight excluding hydrogens is 450 g/mol. The predicted molar refractivity (Wildman–Crippen MR) is 142 cm³/mol. The molecule has 1 unspecified atom stereocenters. The van der Waals surface area contributed by atoms with Crippen molar-refractivity contribution in [1.29, 1.82) is 0 Å². The summed E-state index contributed by atoms with van der Waals surface area (Å²) < 4.78 is 13.5. The summed E-state index contributed by atoms with van der Waals surface area (Å²) in [6, 6.07) is 12.7. The molecule has 1 aliphatic rings. The molecule has 0 saturated heterocycles. The zero-order valence-corrected chi connectivity index (χ0v) is 22.3. The number of methoxy groups -OCH3 is 1. The Morgan fingerprint density at radius 2 is 1.89 bits per heavy atom. The number of hydrogen-bond donors (Lipinski definition) is 0. The van der Waals surface area contributed by atoms with Crippen molar-refractivity contribution in [3.05, 3.63) is 70.2 Å². The molecule has 0 fully saturated rings. The standard InChI is InChI=1S/C30H39N3O3/c1-20(2)23-11-13-29(35-5)27(18-23)24(16-21(3)34)17-26-19-30(33(4)32-26)36-15-14-25-12-10-22-8-6-7-9-28(22)31-25/h10-13,18-20,24H,6-9,14-17H2,1-5H3. The van der Waals surface area contributed by atoms with Gasteiger partial charge in [-0.2, -0.15) is 5.10 Å². The average Bonchev–Trinajstić information content (AvgIpc) is 3.21. The minimum Gasteiger partial charge on any atom is -0.496 e. The maximum absolute atomic E-state index is 12.2. The zero-order valence-electron chi connectivity index (χ0n) is 22.3. The van der Waals surface area contributed by atoms with Gasteiger partial charge >= 0.3 is 0 Å². The first-order valence-electron chi connectivity index (χ1n) is 13.1. The number of Topliss-reactive ketones (excluding diaryl/α,β-unsaturated/α-hetero) is 1. The van der Waals surface area contributed by atoms with E-state index in [1.807, 2.05) is 19.2 Å². The lowest BCUT2D eigenvalue weighted by atomic mass is 9.87. The lowest BCUT2D eigenvalue weighted by Gasteiger charge is -2.20. The topological polar surface area (TPSA) is 66.2 Å².